The van der Waals surface area contributed by atoms with Crippen molar-refractivity contribution >= 4 is 23.1 Å². The second-order valence-corrected chi connectivity index (χ2v) is 8.51. The number of anilines is 2. The Morgan fingerprint density at radius 3 is 2.81 bits per heavy atom. The van der Waals surface area contributed by atoms with Gasteiger partial charge in [-0.2, -0.15) is 0 Å². The number of nitrogens with one attached hydrogen (secondary N) is 1. The molecule has 0 saturated carbocycles. The molecule has 2 fully saturated rings. The molecule has 9 heteroatoms. The minimum absolute atomic E-state index is 0.193. The van der Waals surface area contributed by atoms with Crippen molar-refractivity contribution in [3.05, 3.63) is 48.1 Å². The molecule has 1 atom stereocenters. The second kappa shape index (κ2) is 8.22. The van der Waals surface area contributed by atoms with E-state index in [9.17, 15) is 9.18 Å². The van der Waals surface area contributed by atoms with E-state index in [-0.39, 0.29) is 11.3 Å². The standard InChI is InChI=1S/C22H26FN7O/c1-15-11-30-14-17(8-18(23)21(30)26-15)27-22(31)19-9-25-20(10-24-19)29-7-4-16(13-29)12-28-5-2-3-6-28/h8-11,14,16H,2-7,12-13H2,1H3,(H,27,31). The molecule has 31 heavy (non-hydrogen) atoms. The van der Waals surface area contributed by atoms with E-state index < -0.39 is 11.7 Å². The monoisotopic (exact) mass is 423 g/mol. The normalized spacial score (nSPS) is 19.4. The smallest absolute Gasteiger partial charge is 0.275 e. The van der Waals surface area contributed by atoms with E-state index >= 15 is 0 Å². The topological polar surface area (TPSA) is 78.7 Å². The van der Waals surface area contributed by atoms with Gasteiger partial charge in [-0.3, -0.25) is 4.79 Å². The molecule has 2 aliphatic heterocycles. The SMILES string of the molecule is Cc1cn2cc(NC(=O)c3cnc(N4CCC(CN5CCCC5)C4)cn3)cc(F)c2n1. The summed E-state index contributed by atoms with van der Waals surface area (Å²) in [6.07, 6.45) is 10.2. The zero-order valence-electron chi connectivity index (χ0n) is 17.6. The van der Waals surface area contributed by atoms with Gasteiger partial charge in [0.05, 0.1) is 23.8 Å². The van der Waals surface area contributed by atoms with E-state index in [1.165, 1.54) is 38.2 Å². The molecule has 1 N–H and O–H groups in total. The summed E-state index contributed by atoms with van der Waals surface area (Å²) in [5.41, 5.74) is 1.46. The largest absolute Gasteiger partial charge is 0.355 e. The van der Waals surface area contributed by atoms with Gasteiger partial charge in [-0.15, -0.1) is 0 Å². The maximum absolute atomic E-state index is 14.2. The molecule has 1 amide bonds. The van der Waals surface area contributed by atoms with E-state index in [1.54, 1.807) is 29.9 Å². The number of likely N-dealkylation sites (tertiary alicyclic amines) is 1. The molecule has 3 aromatic heterocycles. The number of aromatic nitrogens is 4. The fourth-order valence-electron chi connectivity index (χ4n) is 4.56. The highest BCUT2D eigenvalue weighted by atomic mass is 19.1. The lowest BCUT2D eigenvalue weighted by atomic mass is 10.1. The Morgan fingerprint density at radius 1 is 1.19 bits per heavy atom. The highest BCUT2D eigenvalue weighted by Crippen LogP contribution is 2.24. The lowest BCUT2D eigenvalue weighted by Gasteiger charge is -2.21. The van der Waals surface area contributed by atoms with Crippen LogP contribution in [-0.2, 0) is 0 Å². The Bertz CT molecular complexity index is 1090. The number of nitrogens with zero attached hydrogens (tertiary/aromatic N) is 6. The number of rotatable bonds is 5. The van der Waals surface area contributed by atoms with Crippen LogP contribution in [0.15, 0.2) is 30.9 Å². The minimum atomic E-state index is -0.496. The Kier molecular flexibility index (Phi) is 5.27. The van der Waals surface area contributed by atoms with Gasteiger partial charge in [0.15, 0.2) is 11.5 Å². The first-order valence-electron chi connectivity index (χ1n) is 10.8. The molecule has 5 heterocycles. The number of pyridine rings is 1. The average molecular weight is 423 g/mol. The number of imidazole rings is 1. The Hall–Kier alpha value is -3.07. The predicted molar refractivity (Wildman–Crippen MR) is 116 cm³/mol. The maximum Gasteiger partial charge on any atom is 0.275 e. The lowest BCUT2D eigenvalue weighted by molar-refractivity contribution is 0.102. The summed E-state index contributed by atoms with van der Waals surface area (Å²) in [5.74, 6) is 0.522. The molecule has 162 valence electrons. The number of amides is 1. The van der Waals surface area contributed by atoms with E-state index in [1.807, 2.05) is 0 Å². The lowest BCUT2D eigenvalue weighted by Crippen LogP contribution is -2.29. The van der Waals surface area contributed by atoms with Gasteiger partial charge in [0.2, 0.25) is 0 Å². The van der Waals surface area contributed by atoms with Gasteiger partial charge in [-0.25, -0.2) is 19.3 Å². The number of halogens is 1. The van der Waals surface area contributed by atoms with Crippen molar-refractivity contribution in [1.82, 2.24) is 24.3 Å². The van der Waals surface area contributed by atoms with Crippen LogP contribution in [0.5, 0.6) is 0 Å². The van der Waals surface area contributed by atoms with Gasteiger partial charge in [0, 0.05) is 38.1 Å². The van der Waals surface area contributed by atoms with Crippen molar-refractivity contribution < 1.29 is 9.18 Å². The van der Waals surface area contributed by atoms with Gasteiger partial charge in [-0.1, -0.05) is 0 Å². The highest BCUT2D eigenvalue weighted by molar-refractivity contribution is 6.02. The first-order chi connectivity index (χ1) is 15.0. The first kappa shape index (κ1) is 19.9. The van der Waals surface area contributed by atoms with Crippen LogP contribution in [0.1, 0.15) is 35.4 Å². The summed E-state index contributed by atoms with van der Waals surface area (Å²) in [7, 11) is 0. The van der Waals surface area contributed by atoms with Crippen LogP contribution in [0.2, 0.25) is 0 Å². The van der Waals surface area contributed by atoms with Crippen LogP contribution < -0.4 is 10.2 Å². The number of carbonyl (C=O) groups is 1. The molecule has 3 aromatic rings. The molecule has 2 aliphatic rings. The van der Waals surface area contributed by atoms with Gasteiger partial charge in [-0.05, 0) is 45.2 Å². The molecule has 0 spiro atoms. The van der Waals surface area contributed by atoms with E-state index in [0.29, 0.717) is 17.3 Å². The van der Waals surface area contributed by atoms with Crippen molar-refractivity contribution in [3.8, 4) is 0 Å². The van der Waals surface area contributed by atoms with Gasteiger partial charge in [0.25, 0.3) is 5.91 Å². The Labute approximate surface area is 180 Å². The van der Waals surface area contributed by atoms with Gasteiger partial charge in [0.1, 0.15) is 11.5 Å². The third kappa shape index (κ3) is 4.23. The van der Waals surface area contributed by atoms with Crippen LogP contribution >= 0.6 is 0 Å². The van der Waals surface area contributed by atoms with E-state index in [4.69, 9.17) is 0 Å². The summed E-state index contributed by atoms with van der Waals surface area (Å²) < 4.78 is 15.8. The van der Waals surface area contributed by atoms with Crippen molar-refractivity contribution in [2.45, 2.75) is 26.2 Å². The summed E-state index contributed by atoms with van der Waals surface area (Å²) in [6.45, 7) is 7.32. The van der Waals surface area contributed by atoms with E-state index in [0.717, 1.165) is 31.9 Å². The van der Waals surface area contributed by atoms with Crippen molar-refractivity contribution in [2.75, 3.05) is 42.9 Å². The van der Waals surface area contributed by atoms with Gasteiger partial charge >= 0.3 is 0 Å². The molecule has 8 nitrogen and oxygen atoms in total. The van der Waals surface area contributed by atoms with E-state index in [2.05, 4.69) is 30.1 Å². The molecule has 0 aliphatic carbocycles. The van der Waals surface area contributed by atoms with Crippen LogP contribution in [0.3, 0.4) is 0 Å². The minimum Gasteiger partial charge on any atom is -0.355 e. The molecule has 0 aromatic carbocycles. The second-order valence-electron chi connectivity index (χ2n) is 8.51. The van der Waals surface area contributed by atoms with Crippen molar-refractivity contribution in [2.24, 2.45) is 5.92 Å². The number of hydrogen-bond acceptors (Lipinski definition) is 6. The fourth-order valence-corrected chi connectivity index (χ4v) is 4.56. The summed E-state index contributed by atoms with van der Waals surface area (Å²) in [5, 5.41) is 2.69. The third-order valence-corrected chi connectivity index (χ3v) is 6.08. The molecule has 1 unspecified atom stereocenters. The zero-order chi connectivity index (χ0) is 21.4. The molecular formula is C22H26FN7O. The molecule has 2 saturated heterocycles. The molecule has 0 bridgehead atoms. The summed E-state index contributed by atoms with van der Waals surface area (Å²) >= 11 is 0. The third-order valence-electron chi connectivity index (χ3n) is 6.08. The van der Waals surface area contributed by atoms with Crippen molar-refractivity contribution in [1.29, 1.82) is 0 Å². The van der Waals surface area contributed by atoms with Gasteiger partial charge < -0.3 is 19.5 Å². The van der Waals surface area contributed by atoms with Crippen molar-refractivity contribution in [3.63, 3.8) is 0 Å². The highest BCUT2D eigenvalue weighted by Gasteiger charge is 2.26. The Balaban J connectivity index is 1.22. The van der Waals surface area contributed by atoms with Crippen LogP contribution in [0.4, 0.5) is 15.9 Å². The van der Waals surface area contributed by atoms with Crippen LogP contribution in [-0.4, -0.2) is 62.9 Å². The number of carbonyl (C=O) groups excluding carboxylic acids is 1. The molecule has 5 rings (SSSR count). The maximum atomic E-state index is 14.2. The molecular weight excluding hydrogens is 397 g/mol. The number of aryl methyl sites for hydroxylation is 1. The first-order valence-corrected chi connectivity index (χ1v) is 10.8. The Morgan fingerprint density at radius 2 is 2.03 bits per heavy atom. The predicted octanol–water partition coefficient (Wildman–Crippen LogP) is 2.75. The molecule has 0 radical (unpaired) electrons. The average Bonchev–Trinajstić information content (AvgIpc) is 3.50. The van der Waals surface area contributed by atoms with Crippen LogP contribution in [0.25, 0.3) is 5.65 Å². The summed E-state index contributed by atoms with van der Waals surface area (Å²) in [6, 6.07) is 1.26. The zero-order valence-corrected chi connectivity index (χ0v) is 17.6. The number of fused-ring (bicyclic) bond motifs is 1. The number of hydrogen-bond donors (Lipinski definition) is 1. The van der Waals surface area contributed by atoms with Crippen LogP contribution in [0, 0.1) is 18.7 Å². The quantitative estimate of drug-likeness (QED) is 0.680. The summed E-state index contributed by atoms with van der Waals surface area (Å²) in [4.78, 5) is 30.2. The fraction of sp³-hybridized carbons (Fsp3) is 0.455.